The molecule has 0 unspecified atom stereocenters. The number of rotatable bonds is 5. The van der Waals surface area contributed by atoms with E-state index in [0.717, 1.165) is 16.7 Å². The zero-order valence-electron chi connectivity index (χ0n) is 19.2. The van der Waals surface area contributed by atoms with Crippen LogP contribution < -0.4 is 21.5 Å². The topological polar surface area (TPSA) is 117 Å². The van der Waals surface area contributed by atoms with E-state index >= 15 is 0 Å². The number of carbonyl (C=O) groups excluding carboxylic acids is 2. The molecule has 0 spiro atoms. The molecule has 0 fully saturated rings. The van der Waals surface area contributed by atoms with Crippen molar-refractivity contribution in [2.24, 2.45) is 5.73 Å². The summed E-state index contributed by atoms with van der Waals surface area (Å²) < 4.78 is 10.6. The van der Waals surface area contributed by atoms with Gasteiger partial charge in [0, 0.05) is 16.9 Å². The number of carbonyl (C=O) groups is 2. The summed E-state index contributed by atoms with van der Waals surface area (Å²) in [5.41, 5.74) is 14.4. The number of benzene rings is 2. The third kappa shape index (κ3) is 7.20. The van der Waals surface area contributed by atoms with Crippen LogP contribution in [0.2, 0.25) is 0 Å². The Kier molecular flexibility index (Phi) is 7.21. The van der Waals surface area contributed by atoms with Crippen LogP contribution in [0.25, 0.3) is 0 Å². The average molecular weight is 428 g/mol. The zero-order chi connectivity index (χ0) is 23.4. The average Bonchev–Trinajstić information content (AvgIpc) is 2.58. The highest BCUT2D eigenvalue weighted by Crippen LogP contribution is 2.35. The summed E-state index contributed by atoms with van der Waals surface area (Å²) in [7, 11) is 0. The first-order chi connectivity index (χ1) is 14.3. The Balaban J connectivity index is 2.32. The second-order valence-corrected chi connectivity index (χ2v) is 9.50. The number of anilines is 2. The van der Waals surface area contributed by atoms with Crippen molar-refractivity contribution in [2.75, 3.05) is 11.1 Å². The van der Waals surface area contributed by atoms with E-state index in [1.165, 1.54) is 0 Å². The van der Waals surface area contributed by atoms with Gasteiger partial charge in [0.2, 0.25) is 0 Å². The first kappa shape index (κ1) is 24.1. The molecule has 7 nitrogen and oxygen atoms in total. The Bertz CT molecular complexity index is 956. The first-order valence-electron chi connectivity index (χ1n) is 10.2. The maximum atomic E-state index is 12.2. The normalized spacial score (nSPS) is 11.7. The molecule has 2 aromatic carbocycles. The molecule has 0 bridgehead atoms. The summed E-state index contributed by atoms with van der Waals surface area (Å²) in [5, 5.41) is 2.81. The van der Waals surface area contributed by atoms with Gasteiger partial charge in [-0.1, -0.05) is 32.9 Å². The molecular weight excluding hydrogens is 394 g/mol. The summed E-state index contributed by atoms with van der Waals surface area (Å²) in [5.74, 6) is 0.456. The van der Waals surface area contributed by atoms with Gasteiger partial charge in [0.1, 0.15) is 11.4 Å². The smallest absolute Gasteiger partial charge is 0.412 e. The van der Waals surface area contributed by atoms with Crippen molar-refractivity contribution in [1.29, 1.82) is 0 Å². The van der Waals surface area contributed by atoms with E-state index in [2.05, 4.69) is 26.1 Å². The molecule has 0 atom stereocenters. The summed E-state index contributed by atoms with van der Waals surface area (Å²) in [6.07, 6.45) is -0.109. The van der Waals surface area contributed by atoms with Crippen molar-refractivity contribution in [3.05, 3.63) is 53.1 Å². The zero-order valence-corrected chi connectivity index (χ0v) is 19.2. The minimum atomic E-state index is -0.845. The fourth-order valence-corrected chi connectivity index (χ4v) is 3.45. The molecule has 2 amide bonds. The van der Waals surface area contributed by atoms with Crippen molar-refractivity contribution in [3.63, 3.8) is 0 Å². The number of nitrogens with one attached hydrogen (secondary N) is 1. The Morgan fingerprint density at radius 2 is 1.61 bits per heavy atom. The van der Waals surface area contributed by atoms with Crippen LogP contribution in [0.3, 0.4) is 0 Å². The fraction of sp³-hybridized carbons (Fsp3) is 0.417. The van der Waals surface area contributed by atoms with Gasteiger partial charge in [-0.3, -0.25) is 5.32 Å². The van der Waals surface area contributed by atoms with E-state index in [1.807, 2.05) is 39.0 Å². The molecule has 168 valence electrons. The second-order valence-electron chi connectivity index (χ2n) is 9.50. The molecule has 7 heteroatoms. The highest BCUT2D eigenvalue weighted by Gasteiger charge is 2.24. The molecule has 0 radical (unpaired) electrons. The van der Waals surface area contributed by atoms with Crippen molar-refractivity contribution < 1.29 is 19.1 Å². The van der Waals surface area contributed by atoms with Crippen LogP contribution in [-0.4, -0.2) is 17.8 Å². The number of aryl methyl sites for hydroxylation is 2. The molecule has 2 aromatic rings. The van der Waals surface area contributed by atoms with Crippen molar-refractivity contribution in [1.82, 2.24) is 0 Å². The first-order valence-corrected chi connectivity index (χ1v) is 10.2. The Hall–Kier alpha value is -3.22. The minimum Gasteiger partial charge on any atom is -0.444 e. The molecule has 0 aliphatic heterocycles. The van der Waals surface area contributed by atoms with Gasteiger partial charge < -0.3 is 20.9 Å². The number of hydrogen-bond acceptors (Lipinski definition) is 5. The highest BCUT2D eigenvalue weighted by atomic mass is 16.6. The SMILES string of the molecule is CC(C)(C)OC(=O)Nc1ccc(N)cc1CCc1cccc(OC(N)=O)c1C(C)(C)C. The highest BCUT2D eigenvalue weighted by molar-refractivity contribution is 5.86. The number of primary amides is 1. The number of ether oxygens (including phenoxy) is 2. The van der Waals surface area contributed by atoms with E-state index in [-0.39, 0.29) is 5.41 Å². The van der Waals surface area contributed by atoms with Crippen LogP contribution in [-0.2, 0) is 23.0 Å². The van der Waals surface area contributed by atoms with Crippen LogP contribution >= 0.6 is 0 Å². The standard InChI is InChI=1S/C24H33N3O4/c1-23(2,3)20-15(8-7-9-19(20)30-21(26)28)10-11-16-14-17(25)12-13-18(16)27-22(29)31-24(4,5)6/h7-9,12-14H,10-11,25H2,1-6H3,(H2,26,28)(H,27,29). The molecule has 0 aliphatic carbocycles. The summed E-state index contributed by atoms with van der Waals surface area (Å²) in [6.45, 7) is 11.6. The van der Waals surface area contributed by atoms with Gasteiger partial charge in [-0.2, -0.15) is 0 Å². The van der Waals surface area contributed by atoms with E-state index in [0.29, 0.717) is 30.0 Å². The van der Waals surface area contributed by atoms with Crippen LogP contribution in [0.15, 0.2) is 36.4 Å². The van der Waals surface area contributed by atoms with E-state index < -0.39 is 17.8 Å². The van der Waals surface area contributed by atoms with Crippen LogP contribution in [0, 0.1) is 0 Å². The van der Waals surface area contributed by atoms with Gasteiger partial charge in [0.15, 0.2) is 0 Å². The van der Waals surface area contributed by atoms with Crippen LogP contribution in [0.1, 0.15) is 58.2 Å². The molecule has 0 saturated heterocycles. The van der Waals surface area contributed by atoms with Crippen molar-refractivity contribution in [2.45, 2.75) is 65.4 Å². The maximum absolute atomic E-state index is 12.2. The lowest BCUT2D eigenvalue weighted by molar-refractivity contribution is 0.0635. The third-order valence-corrected chi connectivity index (χ3v) is 4.50. The summed E-state index contributed by atoms with van der Waals surface area (Å²) in [4.78, 5) is 23.6. The van der Waals surface area contributed by atoms with E-state index in [1.54, 1.807) is 18.2 Å². The number of amides is 2. The van der Waals surface area contributed by atoms with Gasteiger partial charge in [-0.25, -0.2) is 9.59 Å². The molecule has 2 rings (SSSR count). The molecule has 5 N–H and O–H groups in total. The Morgan fingerprint density at radius 1 is 0.968 bits per heavy atom. The Labute approximate surface area is 184 Å². The molecule has 31 heavy (non-hydrogen) atoms. The minimum absolute atomic E-state index is 0.269. The van der Waals surface area contributed by atoms with Crippen molar-refractivity contribution >= 4 is 23.6 Å². The summed E-state index contributed by atoms with van der Waals surface area (Å²) >= 11 is 0. The van der Waals surface area contributed by atoms with Crippen molar-refractivity contribution in [3.8, 4) is 5.75 Å². The second kappa shape index (κ2) is 9.29. The molecular formula is C24H33N3O4. The predicted molar refractivity (Wildman–Crippen MR) is 123 cm³/mol. The fourth-order valence-electron chi connectivity index (χ4n) is 3.45. The number of nitrogens with two attached hydrogens (primary N) is 2. The molecule has 0 aliphatic rings. The molecule has 0 aromatic heterocycles. The molecule has 0 heterocycles. The number of hydrogen-bond donors (Lipinski definition) is 3. The maximum Gasteiger partial charge on any atom is 0.412 e. The lowest BCUT2D eigenvalue weighted by atomic mass is 9.81. The monoisotopic (exact) mass is 427 g/mol. The lowest BCUT2D eigenvalue weighted by Gasteiger charge is -2.26. The quantitative estimate of drug-likeness (QED) is 0.570. The van der Waals surface area contributed by atoms with Crippen LogP contribution in [0.4, 0.5) is 21.0 Å². The van der Waals surface area contributed by atoms with Gasteiger partial charge >= 0.3 is 12.2 Å². The Morgan fingerprint density at radius 3 is 2.19 bits per heavy atom. The largest absolute Gasteiger partial charge is 0.444 e. The number of nitrogen functional groups attached to an aromatic ring is 1. The van der Waals surface area contributed by atoms with Crippen LogP contribution in [0.5, 0.6) is 5.75 Å². The summed E-state index contributed by atoms with van der Waals surface area (Å²) in [6, 6.07) is 10.9. The van der Waals surface area contributed by atoms with E-state index in [4.69, 9.17) is 20.9 Å². The van der Waals surface area contributed by atoms with Gasteiger partial charge in [-0.05, 0) is 74.4 Å². The predicted octanol–water partition coefficient (Wildman–Crippen LogP) is 5.16. The third-order valence-electron chi connectivity index (χ3n) is 4.50. The van der Waals surface area contributed by atoms with Gasteiger partial charge in [0.25, 0.3) is 0 Å². The van der Waals surface area contributed by atoms with E-state index in [9.17, 15) is 9.59 Å². The molecule has 0 saturated carbocycles. The van der Waals surface area contributed by atoms with Gasteiger partial charge in [0.05, 0.1) is 0 Å². The lowest BCUT2D eigenvalue weighted by Crippen LogP contribution is -2.27. The van der Waals surface area contributed by atoms with Gasteiger partial charge in [-0.15, -0.1) is 0 Å².